The minimum Gasteiger partial charge on any atom is -0.370 e. The van der Waals surface area contributed by atoms with Crippen molar-refractivity contribution in [3.8, 4) is 0 Å². The van der Waals surface area contributed by atoms with Gasteiger partial charge < -0.3 is 10.2 Å². The summed E-state index contributed by atoms with van der Waals surface area (Å²) in [5, 5.41) is 6.91. The molecule has 2 heterocycles. The summed E-state index contributed by atoms with van der Waals surface area (Å²) in [6, 6.07) is 11.9. The molecule has 0 aliphatic rings. The molecule has 130 valence electrons. The van der Waals surface area contributed by atoms with E-state index in [4.69, 9.17) is 0 Å². The summed E-state index contributed by atoms with van der Waals surface area (Å²) < 4.78 is 0. The minimum atomic E-state index is 0.0696. The molecule has 25 heavy (non-hydrogen) atoms. The van der Waals surface area contributed by atoms with Gasteiger partial charge in [0.2, 0.25) is 5.91 Å². The monoisotopic (exact) mass is 372 g/mol. The fourth-order valence-corrected chi connectivity index (χ4v) is 3.93. The topological polar surface area (TPSA) is 58.1 Å². The molecule has 0 saturated carbocycles. The summed E-state index contributed by atoms with van der Waals surface area (Å²) in [6.07, 6.45) is 0. The van der Waals surface area contributed by atoms with Gasteiger partial charge in [-0.15, -0.1) is 11.3 Å². The van der Waals surface area contributed by atoms with Gasteiger partial charge in [0.1, 0.15) is 5.82 Å². The van der Waals surface area contributed by atoms with E-state index >= 15 is 0 Å². The number of carbonyl (C=O) groups excluding carboxylic acids is 1. The number of aromatic nitrogens is 2. The molecule has 2 aromatic heterocycles. The summed E-state index contributed by atoms with van der Waals surface area (Å²) in [7, 11) is 1.83. The van der Waals surface area contributed by atoms with Gasteiger partial charge in [0.25, 0.3) is 0 Å². The molecule has 0 atom stereocenters. The molecule has 1 aromatic carbocycles. The van der Waals surface area contributed by atoms with Crippen LogP contribution in [-0.2, 0) is 11.3 Å². The SMILES string of the molecule is CCNc1nc(SCC(=O)N(C)Cc2cccs2)nc2ccccc12. The lowest BCUT2D eigenvalue weighted by atomic mass is 10.2. The number of nitrogens with zero attached hydrogens (tertiary/aromatic N) is 3. The Morgan fingerprint density at radius 2 is 2.08 bits per heavy atom. The van der Waals surface area contributed by atoms with Crippen molar-refractivity contribution in [2.75, 3.05) is 24.7 Å². The van der Waals surface area contributed by atoms with Crippen molar-refractivity contribution in [3.63, 3.8) is 0 Å². The van der Waals surface area contributed by atoms with Crippen LogP contribution in [0.25, 0.3) is 10.9 Å². The zero-order valence-corrected chi connectivity index (χ0v) is 15.9. The maximum atomic E-state index is 12.4. The van der Waals surface area contributed by atoms with Gasteiger partial charge in [-0.3, -0.25) is 4.79 Å². The van der Waals surface area contributed by atoms with Crippen LogP contribution in [-0.4, -0.2) is 40.1 Å². The normalized spacial score (nSPS) is 10.8. The van der Waals surface area contributed by atoms with E-state index in [0.717, 1.165) is 23.3 Å². The molecule has 0 aliphatic heterocycles. The molecule has 0 spiro atoms. The average molecular weight is 373 g/mol. The van der Waals surface area contributed by atoms with Crippen LogP contribution < -0.4 is 5.32 Å². The molecule has 0 aliphatic carbocycles. The van der Waals surface area contributed by atoms with Crippen LogP contribution in [0.15, 0.2) is 46.9 Å². The van der Waals surface area contributed by atoms with Gasteiger partial charge >= 0.3 is 0 Å². The molecular weight excluding hydrogens is 352 g/mol. The van der Waals surface area contributed by atoms with Crippen LogP contribution >= 0.6 is 23.1 Å². The summed E-state index contributed by atoms with van der Waals surface area (Å²) in [6.45, 7) is 3.46. The Hall–Kier alpha value is -2.12. The van der Waals surface area contributed by atoms with E-state index in [1.165, 1.54) is 16.6 Å². The lowest BCUT2D eigenvalue weighted by Gasteiger charge is -2.16. The average Bonchev–Trinajstić information content (AvgIpc) is 3.13. The molecule has 3 aromatic rings. The van der Waals surface area contributed by atoms with E-state index < -0.39 is 0 Å². The lowest BCUT2D eigenvalue weighted by molar-refractivity contribution is -0.127. The predicted molar refractivity (Wildman–Crippen MR) is 105 cm³/mol. The number of anilines is 1. The van der Waals surface area contributed by atoms with Gasteiger partial charge in [0.05, 0.1) is 17.8 Å². The molecular formula is C18H20N4OS2. The highest BCUT2D eigenvalue weighted by Gasteiger charge is 2.13. The van der Waals surface area contributed by atoms with E-state index in [-0.39, 0.29) is 5.91 Å². The number of rotatable bonds is 7. The van der Waals surface area contributed by atoms with Gasteiger partial charge in [-0.25, -0.2) is 9.97 Å². The fourth-order valence-electron chi connectivity index (χ4n) is 2.38. The number of thioether (sulfide) groups is 1. The standard InChI is InChI=1S/C18H20N4OS2/c1-3-19-17-14-8-4-5-9-15(14)20-18(21-17)25-12-16(23)22(2)11-13-7-6-10-24-13/h4-10H,3,11-12H2,1-2H3,(H,19,20,21). The second-order valence-electron chi connectivity index (χ2n) is 5.52. The molecule has 0 unspecified atom stereocenters. The van der Waals surface area contributed by atoms with E-state index in [1.807, 2.05) is 55.7 Å². The van der Waals surface area contributed by atoms with Crippen molar-refractivity contribution >= 4 is 45.7 Å². The summed E-state index contributed by atoms with van der Waals surface area (Å²) in [4.78, 5) is 24.4. The van der Waals surface area contributed by atoms with Crippen LogP contribution in [0.4, 0.5) is 5.82 Å². The third-order valence-corrected chi connectivity index (χ3v) is 5.34. The van der Waals surface area contributed by atoms with Crippen LogP contribution in [0.2, 0.25) is 0 Å². The quantitative estimate of drug-likeness (QED) is 0.504. The fraction of sp³-hybridized carbons (Fsp3) is 0.278. The molecule has 1 N–H and O–H groups in total. The van der Waals surface area contributed by atoms with Crippen molar-refractivity contribution in [2.24, 2.45) is 0 Å². The number of nitrogens with one attached hydrogen (secondary N) is 1. The number of amides is 1. The van der Waals surface area contributed by atoms with E-state index in [9.17, 15) is 4.79 Å². The van der Waals surface area contributed by atoms with Crippen LogP contribution in [0.3, 0.4) is 0 Å². The first-order valence-corrected chi connectivity index (χ1v) is 9.93. The molecule has 0 radical (unpaired) electrons. The Morgan fingerprint density at radius 3 is 2.84 bits per heavy atom. The zero-order chi connectivity index (χ0) is 17.6. The molecule has 0 saturated heterocycles. The number of fused-ring (bicyclic) bond motifs is 1. The maximum Gasteiger partial charge on any atom is 0.233 e. The zero-order valence-electron chi connectivity index (χ0n) is 14.2. The first-order chi connectivity index (χ1) is 12.2. The van der Waals surface area contributed by atoms with E-state index in [1.54, 1.807) is 16.2 Å². The van der Waals surface area contributed by atoms with Gasteiger partial charge in [-0.05, 0) is 30.5 Å². The van der Waals surface area contributed by atoms with Crippen molar-refractivity contribution in [1.29, 1.82) is 0 Å². The number of benzene rings is 1. The van der Waals surface area contributed by atoms with Crippen LogP contribution in [0.1, 0.15) is 11.8 Å². The minimum absolute atomic E-state index is 0.0696. The highest BCUT2D eigenvalue weighted by Crippen LogP contribution is 2.24. The Labute approximate surface area is 155 Å². The van der Waals surface area contributed by atoms with Gasteiger partial charge in [0, 0.05) is 23.9 Å². The van der Waals surface area contributed by atoms with Crippen LogP contribution in [0.5, 0.6) is 0 Å². The Bertz CT molecular complexity index is 851. The first kappa shape index (κ1) is 17.7. The van der Waals surface area contributed by atoms with Gasteiger partial charge in [-0.2, -0.15) is 0 Å². The molecule has 0 bridgehead atoms. The third kappa shape index (κ3) is 4.49. The number of thiophene rings is 1. The molecule has 3 rings (SSSR count). The Kier molecular flexibility index (Phi) is 5.88. The highest BCUT2D eigenvalue weighted by atomic mass is 32.2. The maximum absolute atomic E-state index is 12.4. The molecule has 5 nitrogen and oxygen atoms in total. The molecule has 0 fully saturated rings. The highest BCUT2D eigenvalue weighted by molar-refractivity contribution is 7.99. The third-order valence-electron chi connectivity index (χ3n) is 3.65. The van der Waals surface area contributed by atoms with Crippen molar-refractivity contribution in [3.05, 3.63) is 46.7 Å². The van der Waals surface area contributed by atoms with Crippen molar-refractivity contribution < 1.29 is 4.79 Å². The lowest BCUT2D eigenvalue weighted by Crippen LogP contribution is -2.27. The molecule has 7 heteroatoms. The van der Waals surface area contributed by atoms with E-state index in [0.29, 0.717) is 17.5 Å². The second-order valence-corrected chi connectivity index (χ2v) is 7.49. The molecule has 1 amide bonds. The Morgan fingerprint density at radius 1 is 1.24 bits per heavy atom. The van der Waals surface area contributed by atoms with Gasteiger partial charge in [-0.1, -0.05) is 30.0 Å². The number of hydrogen-bond donors (Lipinski definition) is 1. The van der Waals surface area contributed by atoms with Crippen molar-refractivity contribution in [2.45, 2.75) is 18.6 Å². The Balaban J connectivity index is 1.69. The first-order valence-electron chi connectivity index (χ1n) is 8.07. The number of carbonyl (C=O) groups is 1. The number of para-hydroxylation sites is 1. The predicted octanol–water partition coefficient (Wildman–Crippen LogP) is 3.87. The second kappa shape index (κ2) is 8.31. The summed E-state index contributed by atoms with van der Waals surface area (Å²) in [5.41, 5.74) is 0.885. The van der Waals surface area contributed by atoms with Gasteiger partial charge in [0.15, 0.2) is 5.16 Å². The van der Waals surface area contributed by atoms with Crippen molar-refractivity contribution in [1.82, 2.24) is 14.9 Å². The van der Waals surface area contributed by atoms with E-state index in [2.05, 4.69) is 15.3 Å². The summed E-state index contributed by atoms with van der Waals surface area (Å²) in [5.74, 6) is 1.21. The largest absolute Gasteiger partial charge is 0.370 e. The van der Waals surface area contributed by atoms with Crippen LogP contribution in [0, 0.1) is 0 Å². The summed E-state index contributed by atoms with van der Waals surface area (Å²) >= 11 is 3.03. The smallest absolute Gasteiger partial charge is 0.233 e. The number of hydrogen-bond acceptors (Lipinski definition) is 6.